The number of hydrogen-bond acceptors (Lipinski definition) is 3. The lowest BCUT2D eigenvalue weighted by molar-refractivity contribution is -0.122. The molecule has 1 atom stereocenters. The molecule has 0 aromatic rings. The van der Waals surface area contributed by atoms with E-state index in [1.807, 2.05) is 0 Å². The molecule has 6 heteroatoms. The van der Waals surface area contributed by atoms with E-state index in [9.17, 15) is 9.59 Å². The van der Waals surface area contributed by atoms with Crippen molar-refractivity contribution in [3.63, 3.8) is 0 Å². The Bertz CT molecular complexity index is 230. The van der Waals surface area contributed by atoms with Gasteiger partial charge in [0.1, 0.15) is 0 Å². The van der Waals surface area contributed by atoms with Crippen LogP contribution in [-0.4, -0.2) is 37.5 Å². The van der Waals surface area contributed by atoms with Gasteiger partial charge < -0.3 is 16.0 Å². The quantitative estimate of drug-likeness (QED) is 0.591. The summed E-state index contributed by atoms with van der Waals surface area (Å²) < 4.78 is 0. The highest BCUT2D eigenvalue weighted by Crippen LogP contribution is 2.07. The van der Waals surface area contributed by atoms with Crippen LogP contribution in [0, 0.1) is 0 Å². The lowest BCUT2D eigenvalue weighted by Gasteiger charge is -2.10. The average molecular weight is 250 g/mol. The van der Waals surface area contributed by atoms with Crippen LogP contribution in [0.1, 0.15) is 26.2 Å². The second kappa shape index (κ2) is 8.35. The molecular formula is C10H20ClN3O2. The van der Waals surface area contributed by atoms with E-state index >= 15 is 0 Å². The van der Waals surface area contributed by atoms with Gasteiger partial charge in [-0.05, 0) is 19.4 Å². The third kappa shape index (κ3) is 6.63. The van der Waals surface area contributed by atoms with E-state index in [1.54, 1.807) is 0 Å². The van der Waals surface area contributed by atoms with E-state index in [4.69, 9.17) is 0 Å². The molecule has 0 radical (unpaired) electrons. The summed E-state index contributed by atoms with van der Waals surface area (Å²) in [6, 6.07) is 0.339. The fourth-order valence-electron chi connectivity index (χ4n) is 1.67. The second-order valence-electron chi connectivity index (χ2n) is 3.83. The summed E-state index contributed by atoms with van der Waals surface area (Å²) in [5, 5.41) is 8.66. The van der Waals surface area contributed by atoms with Gasteiger partial charge in [-0.3, -0.25) is 9.59 Å². The molecule has 1 aliphatic rings. The molecule has 0 bridgehead atoms. The normalized spacial score (nSPS) is 18.7. The summed E-state index contributed by atoms with van der Waals surface area (Å²) in [5.74, 6) is -0.0125. The molecule has 1 saturated heterocycles. The molecule has 0 spiro atoms. The van der Waals surface area contributed by atoms with Gasteiger partial charge in [0.25, 0.3) is 0 Å². The maximum Gasteiger partial charge on any atom is 0.221 e. The topological polar surface area (TPSA) is 70.2 Å². The van der Waals surface area contributed by atoms with E-state index in [2.05, 4.69) is 16.0 Å². The Kier molecular flexibility index (Phi) is 7.93. The van der Waals surface area contributed by atoms with E-state index in [-0.39, 0.29) is 24.2 Å². The number of halogens is 1. The predicted octanol–water partition coefficient (Wildman–Crippen LogP) is -0.197. The first-order valence-electron chi connectivity index (χ1n) is 5.43. The molecule has 94 valence electrons. The first-order valence-corrected chi connectivity index (χ1v) is 5.43. The van der Waals surface area contributed by atoms with Gasteiger partial charge in [-0.1, -0.05) is 0 Å². The lowest BCUT2D eigenvalue weighted by Crippen LogP contribution is -2.36. The molecule has 0 aromatic heterocycles. The van der Waals surface area contributed by atoms with Crippen LogP contribution in [0.5, 0.6) is 0 Å². The van der Waals surface area contributed by atoms with Crippen molar-refractivity contribution in [2.75, 3.05) is 19.6 Å². The fourth-order valence-corrected chi connectivity index (χ4v) is 1.67. The zero-order chi connectivity index (χ0) is 11.1. The van der Waals surface area contributed by atoms with Crippen LogP contribution in [0.3, 0.4) is 0 Å². The minimum absolute atomic E-state index is 0. The van der Waals surface area contributed by atoms with Gasteiger partial charge in [-0.15, -0.1) is 12.4 Å². The Hall–Kier alpha value is -0.810. The van der Waals surface area contributed by atoms with Crippen molar-refractivity contribution < 1.29 is 9.59 Å². The van der Waals surface area contributed by atoms with E-state index in [0.717, 1.165) is 19.4 Å². The zero-order valence-electron chi connectivity index (χ0n) is 9.54. The largest absolute Gasteiger partial charge is 0.355 e. The van der Waals surface area contributed by atoms with Crippen molar-refractivity contribution in [2.24, 2.45) is 0 Å². The van der Waals surface area contributed by atoms with E-state index in [0.29, 0.717) is 25.6 Å². The van der Waals surface area contributed by atoms with Crippen molar-refractivity contribution in [3.05, 3.63) is 0 Å². The van der Waals surface area contributed by atoms with Crippen LogP contribution in [0.4, 0.5) is 0 Å². The minimum Gasteiger partial charge on any atom is -0.355 e. The van der Waals surface area contributed by atoms with Crippen LogP contribution in [0.2, 0.25) is 0 Å². The number of rotatable bonds is 5. The van der Waals surface area contributed by atoms with Crippen molar-refractivity contribution in [1.29, 1.82) is 0 Å². The molecule has 5 nitrogen and oxygen atoms in total. The van der Waals surface area contributed by atoms with Gasteiger partial charge in [0, 0.05) is 32.5 Å². The van der Waals surface area contributed by atoms with Crippen molar-refractivity contribution in [3.8, 4) is 0 Å². The molecule has 3 N–H and O–H groups in total. The maximum atomic E-state index is 11.4. The van der Waals surface area contributed by atoms with Crippen LogP contribution in [-0.2, 0) is 9.59 Å². The number of hydrogen-bond donors (Lipinski definition) is 3. The Balaban J connectivity index is 0.00000225. The van der Waals surface area contributed by atoms with Gasteiger partial charge in [0.2, 0.25) is 11.8 Å². The van der Waals surface area contributed by atoms with Gasteiger partial charge >= 0.3 is 0 Å². The molecule has 16 heavy (non-hydrogen) atoms. The maximum absolute atomic E-state index is 11.4. The first-order chi connectivity index (χ1) is 7.18. The molecule has 1 unspecified atom stereocenters. The summed E-state index contributed by atoms with van der Waals surface area (Å²) >= 11 is 0. The third-order valence-corrected chi connectivity index (χ3v) is 2.42. The SMILES string of the molecule is CC(=O)NCCNC(=O)CC1CCCN1.Cl. The van der Waals surface area contributed by atoms with Crippen LogP contribution in [0.25, 0.3) is 0 Å². The van der Waals surface area contributed by atoms with Crippen molar-refractivity contribution in [1.82, 2.24) is 16.0 Å². The van der Waals surface area contributed by atoms with Crippen molar-refractivity contribution in [2.45, 2.75) is 32.2 Å². The summed E-state index contributed by atoms with van der Waals surface area (Å²) in [6.45, 7) is 3.48. The lowest BCUT2D eigenvalue weighted by atomic mass is 10.1. The third-order valence-electron chi connectivity index (χ3n) is 2.42. The minimum atomic E-state index is -0.0679. The number of carbonyl (C=O) groups is 2. The summed E-state index contributed by atoms with van der Waals surface area (Å²) in [4.78, 5) is 21.9. The van der Waals surface area contributed by atoms with Gasteiger partial charge in [-0.25, -0.2) is 0 Å². The summed E-state index contributed by atoms with van der Waals surface area (Å²) in [6.07, 6.45) is 2.78. The van der Waals surface area contributed by atoms with Crippen LogP contribution in [0.15, 0.2) is 0 Å². The Morgan fingerprint density at radius 2 is 2.00 bits per heavy atom. The summed E-state index contributed by atoms with van der Waals surface area (Å²) in [5.41, 5.74) is 0. The molecule has 0 aromatic carbocycles. The highest BCUT2D eigenvalue weighted by Gasteiger charge is 2.16. The fraction of sp³-hybridized carbons (Fsp3) is 0.800. The molecule has 1 heterocycles. The smallest absolute Gasteiger partial charge is 0.221 e. The van der Waals surface area contributed by atoms with Gasteiger partial charge in [0.15, 0.2) is 0 Å². The van der Waals surface area contributed by atoms with Gasteiger partial charge in [-0.2, -0.15) is 0 Å². The van der Waals surface area contributed by atoms with Crippen LogP contribution >= 0.6 is 12.4 Å². The Morgan fingerprint density at radius 1 is 1.31 bits per heavy atom. The Morgan fingerprint density at radius 3 is 2.56 bits per heavy atom. The highest BCUT2D eigenvalue weighted by molar-refractivity contribution is 5.85. The van der Waals surface area contributed by atoms with E-state index < -0.39 is 0 Å². The zero-order valence-corrected chi connectivity index (χ0v) is 10.4. The summed E-state index contributed by atoms with van der Waals surface area (Å²) in [7, 11) is 0. The number of carbonyl (C=O) groups excluding carboxylic acids is 2. The first kappa shape index (κ1) is 15.2. The molecule has 2 amide bonds. The number of nitrogens with one attached hydrogen (secondary N) is 3. The van der Waals surface area contributed by atoms with Crippen molar-refractivity contribution >= 4 is 24.2 Å². The molecule has 1 aliphatic heterocycles. The predicted molar refractivity (Wildman–Crippen MR) is 64.6 cm³/mol. The molecule has 1 rings (SSSR count). The monoisotopic (exact) mass is 249 g/mol. The highest BCUT2D eigenvalue weighted by atomic mass is 35.5. The van der Waals surface area contributed by atoms with Crippen LogP contribution < -0.4 is 16.0 Å². The average Bonchev–Trinajstić information content (AvgIpc) is 2.64. The molecule has 0 saturated carbocycles. The Labute approximate surface area is 102 Å². The number of amides is 2. The second-order valence-corrected chi connectivity index (χ2v) is 3.83. The molecule has 1 fully saturated rings. The van der Waals surface area contributed by atoms with E-state index in [1.165, 1.54) is 6.92 Å². The molecule has 0 aliphatic carbocycles. The standard InChI is InChI=1S/C10H19N3O2.ClH/c1-8(14)11-5-6-13-10(15)7-9-3-2-4-12-9;/h9,12H,2-7H2,1H3,(H,11,14)(H,13,15);1H. The molecular weight excluding hydrogens is 230 g/mol. The van der Waals surface area contributed by atoms with Gasteiger partial charge in [0.05, 0.1) is 0 Å².